The summed E-state index contributed by atoms with van der Waals surface area (Å²) in [5, 5.41) is 14.3. The topological polar surface area (TPSA) is 88.7 Å². The van der Waals surface area contributed by atoms with Crippen LogP contribution in [-0.4, -0.2) is 46.6 Å². The van der Waals surface area contributed by atoms with Gasteiger partial charge in [-0.05, 0) is 56.7 Å². The van der Waals surface area contributed by atoms with Crippen molar-refractivity contribution in [3.63, 3.8) is 0 Å². The molecule has 1 N–H and O–H groups in total. The minimum atomic E-state index is -4.25. The number of benzene rings is 1. The van der Waals surface area contributed by atoms with Crippen LogP contribution in [0.15, 0.2) is 22.7 Å². The van der Waals surface area contributed by atoms with Gasteiger partial charge in [0.1, 0.15) is 5.76 Å². The van der Waals surface area contributed by atoms with Crippen molar-refractivity contribution in [2.24, 2.45) is 5.92 Å². The van der Waals surface area contributed by atoms with Crippen molar-refractivity contribution >= 4 is 32.7 Å². The van der Waals surface area contributed by atoms with Crippen LogP contribution in [0.1, 0.15) is 90.6 Å². The molecule has 3 aliphatic rings. The van der Waals surface area contributed by atoms with Crippen LogP contribution in [0.4, 0.5) is 18.3 Å². The highest BCUT2D eigenvalue weighted by Gasteiger charge is 2.48. The van der Waals surface area contributed by atoms with E-state index in [1.807, 2.05) is 0 Å². The number of alkyl halides is 3. The second kappa shape index (κ2) is 10.1. The number of fused-ring (bicyclic) bond motifs is 1. The molecule has 0 spiro atoms. The van der Waals surface area contributed by atoms with Gasteiger partial charge >= 0.3 is 12.1 Å². The molecular formula is C27H30F3N3O4S. The van der Waals surface area contributed by atoms with E-state index in [1.54, 1.807) is 18.2 Å². The number of halogens is 3. The highest BCUT2D eigenvalue weighted by molar-refractivity contribution is 7.22. The molecule has 11 heteroatoms. The molecule has 0 bridgehead atoms. The van der Waals surface area contributed by atoms with Crippen LogP contribution < -0.4 is 4.90 Å². The summed E-state index contributed by atoms with van der Waals surface area (Å²) in [5.74, 6) is -2.04. The molecule has 38 heavy (non-hydrogen) atoms. The van der Waals surface area contributed by atoms with Crippen LogP contribution in [-0.2, 0) is 11.3 Å². The summed E-state index contributed by atoms with van der Waals surface area (Å²) in [5.41, 5.74) is 2.23. The first-order valence-electron chi connectivity index (χ1n) is 13.3. The lowest BCUT2D eigenvalue weighted by Gasteiger charge is -2.33. The molecule has 1 aliphatic heterocycles. The lowest BCUT2D eigenvalue weighted by Crippen LogP contribution is -2.37. The van der Waals surface area contributed by atoms with Gasteiger partial charge in [0, 0.05) is 30.5 Å². The number of thiazole rings is 1. The Morgan fingerprint density at radius 2 is 1.89 bits per heavy atom. The number of aromatic carboxylic acids is 1. The zero-order valence-corrected chi connectivity index (χ0v) is 21.7. The van der Waals surface area contributed by atoms with E-state index in [9.17, 15) is 23.1 Å². The maximum absolute atomic E-state index is 13.8. The van der Waals surface area contributed by atoms with Gasteiger partial charge in [0.15, 0.2) is 5.13 Å². The normalized spacial score (nSPS) is 23.3. The van der Waals surface area contributed by atoms with Gasteiger partial charge < -0.3 is 19.3 Å². The molecule has 3 fully saturated rings. The van der Waals surface area contributed by atoms with E-state index in [1.165, 1.54) is 11.3 Å². The lowest BCUT2D eigenvalue weighted by atomic mass is 9.76. The molecule has 1 saturated heterocycles. The third-order valence-corrected chi connectivity index (χ3v) is 9.21. The molecule has 7 nitrogen and oxygen atoms in total. The number of carboxylic acid groups (broad SMARTS) is 1. The number of aromatic nitrogens is 2. The largest absolute Gasteiger partial charge is 0.478 e. The highest BCUT2D eigenvalue weighted by Crippen LogP contribution is 2.50. The number of piperidine rings is 1. The molecule has 0 radical (unpaired) electrons. The second-order valence-electron chi connectivity index (χ2n) is 10.7. The van der Waals surface area contributed by atoms with Gasteiger partial charge in [-0.3, -0.25) is 0 Å². The van der Waals surface area contributed by atoms with Crippen molar-refractivity contribution < 1.29 is 32.3 Å². The minimum Gasteiger partial charge on any atom is -0.478 e. The van der Waals surface area contributed by atoms with Gasteiger partial charge in [0.25, 0.3) is 0 Å². The quantitative estimate of drug-likeness (QED) is 0.344. The maximum atomic E-state index is 13.8. The first kappa shape index (κ1) is 25.6. The van der Waals surface area contributed by atoms with Crippen molar-refractivity contribution in [1.29, 1.82) is 0 Å². The molecule has 3 heterocycles. The number of anilines is 1. The number of carboxylic acids is 1. The molecule has 3 aromatic rings. The standard InChI is InChI=1S/C27H30F3N3O4S/c28-27(29,30)20-4-2-1-3-18(20)23-19(24(37-32-23)15-5-6-15)14-36-17-9-11-33(12-10-17)26-31-21-8-7-16(25(34)35)13-22(21)38-26/h7-8,13,15,17-18,20H,1-6,9-12,14H2,(H,34,35)/t18-,20+/m1/s1. The molecule has 204 valence electrons. The Morgan fingerprint density at radius 3 is 2.61 bits per heavy atom. The summed E-state index contributed by atoms with van der Waals surface area (Å²) in [6.07, 6.45) is 1.20. The Kier molecular flexibility index (Phi) is 6.84. The Labute approximate surface area is 222 Å². The van der Waals surface area contributed by atoms with E-state index in [-0.39, 0.29) is 30.6 Å². The average Bonchev–Trinajstić information content (AvgIpc) is 3.51. The van der Waals surface area contributed by atoms with Crippen LogP contribution in [0.25, 0.3) is 10.2 Å². The monoisotopic (exact) mass is 549 g/mol. The van der Waals surface area contributed by atoms with E-state index < -0.39 is 24.0 Å². The van der Waals surface area contributed by atoms with Crippen molar-refractivity contribution in [3.8, 4) is 0 Å². The molecule has 1 aromatic carbocycles. The number of ether oxygens (including phenoxy) is 1. The van der Waals surface area contributed by atoms with Crippen LogP contribution in [0.3, 0.4) is 0 Å². The van der Waals surface area contributed by atoms with Crippen LogP contribution >= 0.6 is 11.3 Å². The number of carbonyl (C=O) groups is 1. The number of hydrogen-bond donors (Lipinski definition) is 1. The third-order valence-electron chi connectivity index (χ3n) is 8.13. The van der Waals surface area contributed by atoms with E-state index in [2.05, 4.69) is 15.0 Å². The van der Waals surface area contributed by atoms with Crippen molar-refractivity contribution in [2.45, 2.75) is 82.1 Å². The lowest BCUT2D eigenvalue weighted by molar-refractivity contribution is -0.187. The van der Waals surface area contributed by atoms with Crippen LogP contribution in [0.2, 0.25) is 0 Å². The van der Waals surface area contributed by atoms with Crippen molar-refractivity contribution in [1.82, 2.24) is 10.1 Å². The SMILES string of the molecule is O=C(O)c1ccc2nc(N3CCC(OCc4c([C@@H]5CCCC[C@@H]5C(F)(F)F)noc4C4CC4)CC3)sc2c1. The van der Waals surface area contributed by atoms with Crippen molar-refractivity contribution in [2.75, 3.05) is 18.0 Å². The highest BCUT2D eigenvalue weighted by atomic mass is 32.1. The molecule has 2 atom stereocenters. The van der Waals surface area contributed by atoms with E-state index in [4.69, 9.17) is 9.26 Å². The summed E-state index contributed by atoms with van der Waals surface area (Å²) in [7, 11) is 0. The third kappa shape index (κ3) is 5.14. The fourth-order valence-corrected chi connectivity index (χ4v) is 6.94. The van der Waals surface area contributed by atoms with Crippen LogP contribution in [0, 0.1) is 5.92 Å². The van der Waals surface area contributed by atoms with Crippen molar-refractivity contribution in [3.05, 3.63) is 40.8 Å². The summed E-state index contributed by atoms with van der Waals surface area (Å²) in [4.78, 5) is 18.1. The summed E-state index contributed by atoms with van der Waals surface area (Å²) >= 11 is 1.48. The molecular weight excluding hydrogens is 519 g/mol. The Morgan fingerprint density at radius 1 is 1.13 bits per heavy atom. The fraction of sp³-hybridized carbons (Fsp3) is 0.593. The van der Waals surface area contributed by atoms with Gasteiger partial charge in [0.05, 0.1) is 40.1 Å². The maximum Gasteiger partial charge on any atom is 0.392 e. The van der Waals surface area contributed by atoms with Gasteiger partial charge in [-0.25, -0.2) is 9.78 Å². The predicted octanol–water partition coefficient (Wildman–Crippen LogP) is 6.88. The van der Waals surface area contributed by atoms with Crippen LogP contribution in [0.5, 0.6) is 0 Å². The average molecular weight is 550 g/mol. The van der Waals surface area contributed by atoms with Gasteiger partial charge in [-0.1, -0.05) is 29.3 Å². The van der Waals surface area contributed by atoms with E-state index >= 15 is 0 Å². The molecule has 2 aromatic heterocycles. The first-order valence-corrected chi connectivity index (χ1v) is 14.1. The van der Waals surface area contributed by atoms with Gasteiger partial charge in [-0.2, -0.15) is 13.2 Å². The first-order chi connectivity index (χ1) is 18.3. The fourth-order valence-electron chi connectivity index (χ4n) is 5.88. The number of nitrogens with zero attached hydrogens (tertiary/aromatic N) is 3. The Balaban J connectivity index is 1.12. The minimum absolute atomic E-state index is 0.0150. The summed E-state index contributed by atoms with van der Waals surface area (Å²) in [6.45, 7) is 1.71. The predicted molar refractivity (Wildman–Crippen MR) is 136 cm³/mol. The van der Waals surface area contributed by atoms with Gasteiger partial charge in [0.2, 0.25) is 0 Å². The Hall–Kier alpha value is -2.66. The molecule has 0 unspecified atom stereocenters. The second-order valence-corrected chi connectivity index (χ2v) is 11.7. The van der Waals surface area contributed by atoms with E-state index in [0.29, 0.717) is 18.5 Å². The Bertz CT molecular complexity index is 1310. The molecule has 2 saturated carbocycles. The molecule has 6 rings (SSSR count). The number of hydrogen-bond acceptors (Lipinski definition) is 7. The van der Waals surface area contributed by atoms with E-state index in [0.717, 1.165) is 71.9 Å². The zero-order chi connectivity index (χ0) is 26.4. The smallest absolute Gasteiger partial charge is 0.392 e. The molecule has 2 aliphatic carbocycles. The summed E-state index contributed by atoms with van der Waals surface area (Å²) < 4.78 is 54.3. The zero-order valence-electron chi connectivity index (χ0n) is 20.9. The molecule has 0 amide bonds. The van der Waals surface area contributed by atoms with Gasteiger partial charge in [-0.15, -0.1) is 0 Å². The number of rotatable bonds is 7. The summed E-state index contributed by atoms with van der Waals surface area (Å²) in [6, 6.07) is 4.95.